The molecular formula is C24H30F3NO5. The number of hydrogen-bond donors (Lipinski definition) is 3. The van der Waals surface area contributed by atoms with Crippen molar-refractivity contribution in [3.05, 3.63) is 65.2 Å². The van der Waals surface area contributed by atoms with Crippen LogP contribution in [0.25, 0.3) is 0 Å². The first-order valence-corrected chi connectivity index (χ1v) is 10.3. The first-order chi connectivity index (χ1) is 15.3. The molecule has 0 aliphatic carbocycles. The Bertz CT molecular complexity index is 873. The van der Waals surface area contributed by atoms with Gasteiger partial charge in [-0.2, -0.15) is 13.2 Å². The van der Waals surface area contributed by atoms with E-state index < -0.39 is 18.1 Å². The van der Waals surface area contributed by atoms with Gasteiger partial charge in [0.1, 0.15) is 12.4 Å². The molecule has 6 nitrogen and oxygen atoms in total. The van der Waals surface area contributed by atoms with Crippen LogP contribution in [0.5, 0.6) is 5.75 Å². The fourth-order valence-electron chi connectivity index (χ4n) is 2.57. The quantitative estimate of drug-likeness (QED) is 0.457. The average molecular weight is 470 g/mol. The van der Waals surface area contributed by atoms with Gasteiger partial charge >= 0.3 is 18.1 Å². The fourth-order valence-corrected chi connectivity index (χ4v) is 2.57. The molecule has 0 bridgehead atoms. The first-order valence-electron chi connectivity index (χ1n) is 10.3. The third-order valence-corrected chi connectivity index (χ3v) is 4.50. The van der Waals surface area contributed by atoms with Crippen molar-refractivity contribution in [1.82, 2.24) is 5.32 Å². The lowest BCUT2D eigenvalue weighted by atomic mass is 9.87. The Hall–Kier alpha value is -3.07. The molecule has 182 valence electrons. The van der Waals surface area contributed by atoms with Crippen LogP contribution in [0.15, 0.2) is 48.5 Å². The molecule has 0 fully saturated rings. The Kier molecular flexibility index (Phi) is 10.9. The van der Waals surface area contributed by atoms with E-state index in [1.54, 1.807) is 0 Å². The second-order valence-electron chi connectivity index (χ2n) is 8.33. The van der Waals surface area contributed by atoms with Gasteiger partial charge in [-0.15, -0.1) is 0 Å². The normalized spacial score (nSPS) is 11.3. The molecule has 0 unspecified atom stereocenters. The van der Waals surface area contributed by atoms with E-state index in [-0.39, 0.29) is 11.8 Å². The van der Waals surface area contributed by atoms with Crippen molar-refractivity contribution in [1.29, 1.82) is 0 Å². The van der Waals surface area contributed by atoms with Gasteiger partial charge in [0.05, 0.1) is 6.42 Å². The van der Waals surface area contributed by atoms with E-state index in [0.717, 1.165) is 24.3 Å². The van der Waals surface area contributed by atoms with E-state index >= 15 is 0 Å². The summed E-state index contributed by atoms with van der Waals surface area (Å²) >= 11 is 0. The molecule has 0 saturated heterocycles. The third-order valence-electron chi connectivity index (χ3n) is 4.50. The molecule has 0 aliphatic rings. The molecule has 2 aromatic carbocycles. The molecule has 0 saturated carbocycles. The molecule has 9 heteroatoms. The van der Waals surface area contributed by atoms with Gasteiger partial charge in [0.25, 0.3) is 0 Å². The maximum atomic E-state index is 10.6. The molecule has 0 radical (unpaired) electrons. The summed E-state index contributed by atoms with van der Waals surface area (Å²) in [5.41, 5.74) is 3.85. The molecule has 0 spiro atoms. The summed E-state index contributed by atoms with van der Waals surface area (Å²) < 4.78 is 37.6. The van der Waals surface area contributed by atoms with Crippen LogP contribution >= 0.6 is 0 Å². The zero-order chi connectivity index (χ0) is 25.1. The van der Waals surface area contributed by atoms with Crippen molar-refractivity contribution in [3.8, 4) is 5.75 Å². The average Bonchev–Trinajstić information content (AvgIpc) is 2.72. The van der Waals surface area contributed by atoms with Crippen LogP contribution in [0.1, 0.15) is 43.9 Å². The van der Waals surface area contributed by atoms with E-state index in [9.17, 15) is 18.0 Å². The van der Waals surface area contributed by atoms with Gasteiger partial charge in [-0.3, -0.25) is 4.79 Å². The molecule has 2 aromatic rings. The fraction of sp³-hybridized carbons (Fsp3) is 0.417. The highest BCUT2D eigenvalue weighted by Gasteiger charge is 2.38. The zero-order valence-electron chi connectivity index (χ0n) is 18.9. The van der Waals surface area contributed by atoms with Crippen LogP contribution in [-0.2, 0) is 28.0 Å². The zero-order valence-corrected chi connectivity index (χ0v) is 18.9. The number of hydrogen-bond acceptors (Lipinski definition) is 4. The second-order valence-corrected chi connectivity index (χ2v) is 8.33. The van der Waals surface area contributed by atoms with E-state index in [2.05, 4.69) is 62.5 Å². The molecular weight excluding hydrogens is 439 g/mol. The minimum atomic E-state index is -5.08. The van der Waals surface area contributed by atoms with Gasteiger partial charge in [-0.05, 0) is 47.2 Å². The molecule has 3 N–H and O–H groups in total. The van der Waals surface area contributed by atoms with Gasteiger partial charge in [-0.25, -0.2) is 4.79 Å². The topological polar surface area (TPSA) is 95.9 Å². The second kappa shape index (κ2) is 12.8. The molecule has 2 rings (SSSR count). The van der Waals surface area contributed by atoms with E-state index in [1.807, 2.05) is 12.1 Å². The predicted octanol–water partition coefficient (Wildman–Crippen LogP) is 4.80. The maximum Gasteiger partial charge on any atom is 0.490 e. The Balaban J connectivity index is 0.000000675. The van der Waals surface area contributed by atoms with E-state index in [4.69, 9.17) is 19.7 Å². The minimum Gasteiger partial charge on any atom is -0.489 e. The summed E-state index contributed by atoms with van der Waals surface area (Å²) in [6.07, 6.45) is -4.06. The molecule has 0 amide bonds. The first kappa shape index (κ1) is 28.0. The van der Waals surface area contributed by atoms with Crippen molar-refractivity contribution in [3.63, 3.8) is 0 Å². The van der Waals surface area contributed by atoms with Crippen LogP contribution < -0.4 is 10.1 Å². The Morgan fingerprint density at radius 2 is 1.39 bits per heavy atom. The van der Waals surface area contributed by atoms with Crippen molar-refractivity contribution >= 4 is 11.9 Å². The standard InChI is InChI=1S/C22H29NO3.C2HF3O2/c1-22(2,3)19-8-4-18(5-9-19)16-26-20-10-6-17(7-11-20)12-14-23-15-13-21(24)25;3-2(4,5)1(6)7/h4-11,23H,12-16H2,1-3H3,(H,24,25);(H,6,7). The predicted molar refractivity (Wildman–Crippen MR) is 118 cm³/mol. The van der Waals surface area contributed by atoms with Crippen molar-refractivity contribution in [2.45, 2.75) is 51.8 Å². The number of halogens is 3. The number of benzene rings is 2. The minimum absolute atomic E-state index is 0.156. The Morgan fingerprint density at radius 3 is 1.85 bits per heavy atom. The highest BCUT2D eigenvalue weighted by Crippen LogP contribution is 2.22. The number of ether oxygens (including phenoxy) is 1. The smallest absolute Gasteiger partial charge is 0.489 e. The maximum absolute atomic E-state index is 10.6. The Morgan fingerprint density at radius 1 is 0.879 bits per heavy atom. The number of aliphatic carboxylic acids is 2. The van der Waals surface area contributed by atoms with Crippen LogP contribution in [-0.4, -0.2) is 41.4 Å². The van der Waals surface area contributed by atoms with Crippen LogP contribution in [0.4, 0.5) is 13.2 Å². The highest BCUT2D eigenvalue weighted by molar-refractivity contribution is 5.73. The number of carboxylic acid groups (broad SMARTS) is 2. The van der Waals surface area contributed by atoms with Crippen LogP contribution in [0.3, 0.4) is 0 Å². The highest BCUT2D eigenvalue weighted by atomic mass is 19.4. The molecule has 0 heterocycles. The number of carboxylic acids is 2. The van der Waals surface area contributed by atoms with Crippen LogP contribution in [0, 0.1) is 0 Å². The van der Waals surface area contributed by atoms with Crippen molar-refractivity contribution < 1.29 is 37.7 Å². The SMILES string of the molecule is CC(C)(C)c1ccc(COc2ccc(CCNCCC(=O)O)cc2)cc1.O=C(O)C(F)(F)F. The summed E-state index contributed by atoms with van der Waals surface area (Å²) in [6, 6.07) is 16.6. The monoisotopic (exact) mass is 469 g/mol. The molecule has 0 aliphatic heterocycles. The molecule has 0 atom stereocenters. The van der Waals surface area contributed by atoms with E-state index in [0.29, 0.717) is 13.2 Å². The Labute approximate surface area is 191 Å². The van der Waals surface area contributed by atoms with Gasteiger partial charge < -0.3 is 20.3 Å². The number of carbonyl (C=O) groups is 2. The summed E-state index contributed by atoms with van der Waals surface area (Å²) in [6.45, 7) is 8.46. The molecule has 0 aromatic heterocycles. The van der Waals surface area contributed by atoms with Crippen LogP contribution in [0.2, 0.25) is 0 Å². The third kappa shape index (κ3) is 11.9. The summed E-state index contributed by atoms with van der Waals surface area (Å²) in [7, 11) is 0. The lowest BCUT2D eigenvalue weighted by Crippen LogP contribution is -2.21. The number of rotatable bonds is 9. The lowest BCUT2D eigenvalue weighted by molar-refractivity contribution is -0.192. The number of nitrogens with one attached hydrogen (secondary N) is 1. The molecule has 33 heavy (non-hydrogen) atoms. The van der Waals surface area contributed by atoms with Gasteiger partial charge in [0.15, 0.2) is 0 Å². The summed E-state index contributed by atoms with van der Waals surface area (Å²) in [5.74, 6) is -2.67. The largest absolute Gasteiger partial charge is 0.490 e. The van der Waals surface area contributed by atoms with Crippen molar-refractivity contribution in [2.24, 2.45) is 0 Å². The lowest BCUT2D eigenvalue weighted by Gasteiger charge is -2.19. The van der Waals surface area contributed by atoms with Gasteiger partial charge in [0.2, 0.25) is 0 Å². The summed E-state index contributed by atoms with van der Waals surface area (Å²) in [5, 5.41) is 18.8. The van der Waals surface area contributed by atoms with Crippen molar-refractivity contribution in [2.75, 3.05) is 13.1 Å². The van der Waals surface area contributed by atoms with E-state index in [1.165, 1.54) is 11.1 Å². The van der Waals surface area contributed by atoms with Gasteiger partial charge in [-0.1, -0.05) is 57.2 Å². The summed E-state index contributed by atoms with van der Waals surface area (Å²) in [4.78, 5) is 19.3. The number of alkyl halides is 3. The van der Waals surface area contributed by atoms with Gasteiger partial charge in [0, 0.05) is 6.54 Å².